The van der Waals surface area contributed by atoms with Crippen LogP contribution in [-0.2, 0) is 4.79 Å². The lowest BCUT2D eigenvalue weighted by atomic mass is 9.93. The summed E-state index contributed by atoms with van der Waals surface area (Å²) in [5.41, 5.74) is 0. The van der Waals surface area contributed by atoms with Gasteiger partial charge in [-0.3, -0.25) is 4.79 Å². The Balaban J connectivity index is 1.58. The van der Waals surface area contributed by atoms with Gasteiger partial charge in [0, 0.05) is 12.1 Å². The molecular weight excluding hydrogens is 192 g/mol. The molecule has 1 amide bonds. The molecule has 2 fully saturated rings. The second kappa shape index (κ2) is 4.94. The molecule has 3 N–H and O–H groups in total. The van der Waals surface area contributed by atoms with Crippen LogP contribution in [0.2, 0.25) is 0 Å². The molecule has 0 radical (unpaired) electrons. The molecule has 2 saturated carbocycles. The Kier molecular flexibility index (Phi) is 3.59. The number of rotatable bonds is 4. The molecular formula is C11H20N2O2. The molecule has 0 heterocycles. The Morgan fingerprint density at radius 3 is 2.27 bits per heavy atom. The molecule has 0 aromatic carbocycles. The third-order valence-corrected chi connectivity index (χ3v) is 3.19. The first-order valence-corrected chi connectivity index (χ1v) is 5.95. The van der Waals surface area contributed by atoms with Gasteiger partial charge in [-0.15, -0.1) is 0 Å². The van der Waals surface area contributed by atoms with Crippen molar-refractivity contribution in [2.45, 2.75) is 56.7 Å². The lowest BCUT2D eigenvalue weighted by Crippen LogP contribution is -2.41. The number of hydrogen-bond acceptors (Lipinski definition) is 3. The van der Waals surface area contributed by atoms with Crippen LogP contribution in [0.3, 0.4) is 0 Å². The number of amides is 1. The van der Waals surface area contributed by atoms with Crippen LogP contribution in [-0.4, -0.2) is 35.7 Å². The Bertz CT molecular complexity index is 221. The fourth-order valence-electron chi connectivity index (χ4n) is 2.02. The van der Waals surface area contributed by atoms with Gasteiger partial charge in [0.15, 0.2) is 0 Å². The highest BCUT2D eigenvalue weighted by molar-refractivity contribution is 5.78. The smallest absolute Gasteiger partial charge is 0.234 e. The maximum absolute atomic E-state index is 11.4. The van der Waals surface area contributed by atoms with Crippen molar-refractivity contribution in [3.05, 3.63) is 0 Å². The van der Waals surface area contributed by atoms with E-state index in [-0.39, 0.29) is 12.0 Å². The molecule has 2 aliphatic carbocycles. The molecule has 0 aromatic rings. The highest BCUT2D eigenvalue weighted by Crippen LogP contribution is 2.19. The second-order valence-corrected chi connectivity index (χ2v) is 4.73. The lowest BCUT2D eigenvalue weighted by Gasteiger charge is -2.26. The number of hydrogen-bond donors (Lipinski definition) is 3. The van der Waals surface area contributed by atoms with Crippen molar-refractivity contribution in [2.24, 2.45) is 0 Å². The number of carbonyl (C=O) groups is 1. The minimum atomic E-state index is -0.122. The summed E-state index contributed by atoms with van der Waals surface area (Å²) in [6, 6.07) is 0.867. The first kappa shape index (κ1) is 10.9. The number of aliphatic hydroxyl groups is 1. The molecule has 0 unspecified atom stereocenters. The molecule has 0 aromatic heterocycles. The van der Waals surface area contributed by atoms with Gasteiger partial charge in [0.1, 0.15) is 0 Å². The summed E-state index contributed by atoms with van der Waals surface area (Å²) in [6.07, 6.45) is 5.85. The molecule has 0 atom stereocenters. The molecule has 15 heavy (non-hydrogen) atoms. The average molecular weight is 212 g/mol. The number of aliphatic hydroxyl groups excluding tert-OH is 1. The van der Waals surface area contributed by atoms with Crippen LogP contribution >= 0.6 is 0 Å². The van der Waals surface area contributed by atoms with Crippen molar-refractivity contribution in [1.82, 2.24) is 10.6 Å². The summed E-state index contributed by atoms with van der Waals surface area (Å²) in [7, 11) is 0. The predicted octanol–water partition coefficient (Wildman–Crippen LogP) is 0.158. The van der Waals surface area contributed by atoms with Crippen molar-refractivity contribution < 1.29 is 9.90 Å². The first-order chi connectivity index (χ1) is 7.24. The molecule has 86 valence electrons. The number of carbonyl (C=O) groups excluding carboxylic acids is 1. The summed E-state index contributed by atoms with van der Waals surface area (Å²) in [4.78, 5) is 11.4. The maximum atomic E-state index is 11.4. The van der Waals surface area contributed by atoms with Crippen LogP contribution in [0.5, 0.6) is 0 Å². The third-order valence-electron chi connectivity index (χ3n) is 3.19. The fourth-order valence-corrected chi connectivity index (χ4v) is 2.02. The van der Waals surface area contributed by atoms with Gasteiger partial charge in [-0.2, -0.15) is 0 Å². The second-order valence-electron chi connectivity index (χ2n) is 4.73. The summed E-state index contributed by atoms with van der Waals surface area (Å²) >= 11 is 0. The molecule has 0 aliphatic heterocycles. The van der Waals surface area contributed by atoms with E-state index in [1.54, 1.807) is 0 Å². The largest absolute Gasteiger partial charge is 0.393 e. The van der Waals surface area contributed by atoms with Gasteiger partial charge in [0.2, 0.25) is 5.91 Å². The van der Waals surface area contributed by atoms with Gasteiger partial charge in [-0.25, -0.2) is 0 Å². The van der Waals surface area contributed by atoms with E-state index in [2.05, 4.69) is 10.6 Å². The van der Waals surface area contributed by atoms with Crippen LogP contribution in [0, 0.1) is 0 Å². The van der Waals surface area contributed by atoms with E-state index in [0.717, 1.165) is 38.5 Å². The van der Waals surface area contributed by atoms with Crippen LogP contribution < -0.4 is 10.6 Å². The molecule has 0 bridgehead atoms. The van der Waals surface area contributed by atoms with E-state index >= 15 is 0 Å². The minimum absolute atomic E-state index is 0.114. The molecule has 2 rings (SSSR count). The standard InChI is InChI=1S/C11H20N2O2/c14-10-5-3-8(4-6-10)12-7-11(15)13-9-1-2-9/h8-10,12,14H,1-7H2,(H,13,15). The van der Waals surface area contributed by atoms with E-state index in [9.17, 15) is 9.90 Å². The fraction of sp³-hybridized carbons (Fsp3) is 0.909. The minimum Gasteiger partial charge on any atom is -0.393 e. The van der Waals surface area contributed by atoms with Crippen molar-refractivity contribution in [1.29, 1.82) is 0 Å². The Morgan fingerprint density at radius 1 is 1.07 bits per heavy atom. The zero-order valence-electron chi connectivity index (χ0n) is 9.04. The molecule has 0 spiro atoms. The van der Waals surface area contributed by atoms with Crippen LogP contribution in [0.15, 0.2) is 0 Å². The number of nitrogens with one attached hydrogen (secondary N) is 2. The van der Waals surface area contributed by atoms with Gasteiger partial charge < -0.3 is 15.7 Å². The highest BCUT2D eigenvalue weighted by Gasteiger charge is 2.24. The molecule has 0 saturated heterocycles. The third kappa shape index (κ3) is 3.80. The van der Waals surface area contributed by atoms with E-state index in [1.807, 2.05) is 0 Å². The lowest BCUT2D eigenvalue weighted by molar-refractivity contribution is -0.120. The van der Waals surface area contributed by atoms with Gasteiger partial charge in [0.05, 0.1) is 12.6 Å². The van der Waals surface area contributed by atoms with Gasteiger partial charge in [-0.05, 0) is 38.5 Å². The van der Waals surface area contributed by atoms with Crippen LogP contribution in [0.4, 0.5) is 0 Å². The first-order valence-electron chi connectivity index (χ1n) is 5.95. The van der Waals surface area contributed by atoms with Crippen LogP contribution in [0.25, 0.3) is 0 Å². The SMILES string of the molecule is O=C(CNC1CCC(O)CC1)NC1CC1. The van der Waals surface area contributed by atoms with E-state index < -0.39 is 0 Å². The van der Waals surface area contributed by atoms with Gasteiger partial charge in [0.25, 0.3) is 0 Å². The van der Waals surface area contributed by atoms with Crippen molar-refractivity contribution in [3.63, 3.8) is 0 Å². The highest BCUT2D eigenvalue weighted by atomic mass is 16.3. The average Bonchev–Trinajstić information content (AvgIpc) is 3.01. The van der Waals surface area contributed by atoms with Crippen molar-refractivity contribution in [2.75, 3.05) is 6.54 Å². The normalized spacial score (nSPS) is 31.3. The van der Waals surface area contributed by atoms with Gasteiger partial charge >= 0.3 is 0 Å². The molecule has 4 nitrogen and oxygen atoms in total. The quantitative estimate of drug-likeness (QED) is 0.622. The monoisotopic (exact) mass is 212 g/mol. The molecule has 4 heteroatoms. The molecule has 2 aliphatic rings. The van der Waals surface area contributed by atoms with Gasteiger partial charge in [-0.1, -0.05) is 0 Å². The van der Waals surface area contributed by atoms with Crippen LogP contribution in [0.1, 0.15) is 38.5 Å². The zero-order chi connectivity index (χ0) is 10.7. The van der Waals surface area contributed by atoms with Crippen molar-refractivity contribution >= 4 is 5.91 Å². The topological polar surface area (TPSA) is 61.4 Å². The van der Waals surface area contributed by atoms with Crippen molar-refractivity contribution in [3.8, 4) is 0 Å². The predicted molar refractivity (Wildman–Crippen MR) is 57.4 cm³/mol. The summed E-state index contributed by atoms with van der Waals surface area (Å²) in [5.74, 6) is 0.114. The summed E-state index contributed by atoms with van der Waals surface area (Å²) in [5, 5.41) is 15.5. The van der Waals surface area contributed by atoms with E-state index in [1.165, 1.54) is 0 Å². The Labute approximate surface area is 90.4 Å². The Hall–Kier alpha value is -0.610. The zero-order valence-corrected chi connectivity index (χ0v) is 9.04. The van der Waals surface area contributed by atoms with E-state index in [4.69, 9.17) is 0 Å². The summed E-state index contributed by atoms with van der Waals surface area (Å²) in [6.45, 7) is 0.428. The van der Waals surface area contributed by atoms with E-state index in [0.29, 0.717) is 18.6 Å². The summed E-state index contributed by atoms with van der Waals surface area (Å²) < 4.78 is 0. The Morgan fingerprint density at radius 2 is 1.67 bits per heavy atom. The maximum Gasteiger partial charge on any atom is 0.234 e.